The first kappa shape index (κ1) is 15.9. The number of nitrogens with zero attached hydrogens (tertiary/aromatic N) is 4. The third-order valence-electron chi connectivity index (χ3n) is 3.69. The van der Waals surface area contributed by atoms with E-state index >= 15 is 0 Å². The highest BCUT2D eigenvalue weighted by atomic mass is 32.1. The van der Waals surface area contributed by atoms with Crippen LogP contribution in [0.2, 0.25) is 0 Å². The number of rotatable bonds is 2. The van der Waals surface area contributed by atoms with Crippen LogP contribution in [0.25, 0.3) is 21.6 Å². The predicted molar refractivity (Wildman–Crippen MR) is 97.6 cm³/mol. The molecule has 0 saturated heterocycles. The fourth-order valence-electron chi connectivity index (χ4n) is 2.41. The van der Waals surface area contributed by atoms with Crippen LogP contribution >= 0.6 is 11.3 Å². The van der Waals surface area contributed by atoms with E-state index in [0.29, 0.717) is 15.5 Å². The lowest BCUT2D eigenvalue weighted by atomic mass is 10.1. The lowest BCUT2D eigenvalue weighted by Crippen LogP contribution is -2.17. The second-order valence-electron chi connectivity index (χ2n) is 5.43. The van der Waals surface area contributed by atoms with Gasteiger partial charge in [-0.15, -0.1) is 0 Å². The number of anilines is 1. The Morgan fingerprint density at radius 3 is 2.85 bits per heavy atom. The molecule has 3 aromatic heterocycles. The van der Waals surface area contributed by atoms with Crippen molar-refractivity contribution in [1.29, 1.82) is 0 Å². The normalized spacial score (nSPS) is 15.6. The number of hydrogen-bond acceptors (Lipinski definition) is 8. The van der Waals surface area contributed by atoms with E-state index in [4.69, 9.17) is 5.73 Å². The van der Waals surface area contributed by atoms with E-state index in [9.17, 15) is 14.7 Å². The summed E-state index contributed by atoms with van der Waals surface area (Å²) in [6.07, 6.45) is 8.73. The molecule has 4 rings (SSSR count). The molecule has 1 aliphatic carbocycles. The fourth-order valence-corrected chi connectivity index (χ4v) is 3.30. The Morgan fingerprint density at radius 2 is 2.12 bits per heavy atom. The maximum absolute atomic E-state index is 12.4. The molecular formula is C17H11N5O3S. The molecule has 0 atom stereocenters. The number of nitrogens with two attached hydrogens (primary N) is 1. The molecule has 8 nitrogen and oxygen atoms in total. The maximum atomic E-state index is 12.4. The Bertz CT molecular complexity index is 1190. The van der Waals surface area contributed by atoms with Gasteiger partial charge in [-0.05, 0) is 35.9 Å². The summed E-state index contributed by atoms with van der Waals surface area (Å²) < 4.78 is 1.39. The summed E-state index contributed by atoms with van der Waals surface area (Å²) in [7, 11) is 0. The third kappa shape index (κ3) is 2.70. The van der Waals surface area contributed by atoms with E-state index in [0.717, 1.165) is 5.56 Å². The molecule has 0 unspecified atom stereocenters. The molecule has 0 fully saturated rings. The van der Waals surface area contributed by atoms with Crippen molar-refractivity contribution >= 4 is 34.0 Å². The standard InChI is InChI=1S/C17H11N5O3S/c18-14-11(6-9-3-4-12(23)13(24)7-9)15(25)20-17-22(14)21-16(26-17)10-2-1-5-19-8-10/h1-8,24H,18H2/b9-6+. The van der Waals surface area contributed by atoms with Crippen molar-refractivity contribution in [2.24, 2.45) is 0 Å². The van der Waals surface area contributed by atoms with Crippen molar-refractivity contribution in [2.75, 3.05) is 5.73 Å². The molecule has 0 saturated carbocycles. The zero-order chi connectivity index (χ0) is 18.3. The minimum absolute atomic E-state index is 0.122. The number of aromatic nitrogens is 4. The van der Waals surface area contributed by atoms with Gasteiger partial charge in [0.1, 0.15) is 10.8 Å². The first-order chi connectivity index (χ1) is 12.5. The second kappa shape index (κ2) is 6.05. The van der Waals surface area contributed by atoms with Crippen molar-refractivity contribution in [2.45, 2.75) is 0 Å². The number of nitrogen functional groups attached to an aromatic ring is 1. The number of fused-ring (bicyclic) bond motifs is 1. The summed E-state index contributed by atoms with van der Waals surface area (Å²) >= 11 is 1.22. The fraction of sp³-hybridized carbons (Fsp3) is 0. The van der Waals surface area contributed by atoms with Gasteiger partial charge in [-0.1, -0.05) is 17.4 Å². The van der Waals surface area contributed by atoms with E-state index in [-0.39, 0.29) is 11.4 Å². The third-order valence-corrected chi connectivity index (χ3v) is 4.65. The van der Waals surface area contributed by atoms with Crippen LogP contribution in [0, 0.1) is 0 Å². The van der Waals surface area contributed by atoms with Crippen molar-refractivity contribution in [3.8, 4) is 10.6 Å². The van der Waals surface area contributed by atoms with Crippen LogP contribution in [-0.2, 0) is 4.79 Å². The number of aliphatic hydroxyl groups is 1. The van der Waals surface area contributed by atoms with Crippen molar-refractivity contribution in [3.05, 3.63) is 70.0 Å². The summed E-state index contributed by atoms with van der Waals surface area (Å²) in [4.78, 5) is 32.1. The maximum Gasteiger partial charge on any atom is 0.283 e. The lowest BCUT2D eigenvalue weighted by molar-refractivity contribution is -0.113. The molecule has 1 aliphatic rings. The number of hydrogen-bond donors (Lipinski definition) is 2. The Hall–Kier alpha value is -3.59. The van der Waals surface area contributed by atoms with E-state index in [1.807, 2.05) is 6.07 Å². The highest BCUT2D eigenvalue weighted by Gasteiger charge is 2.16. The Kier molecular flexibility index (Phi) is 3.70. The van der Waals surface area contributed by atoms with Crippen LogP contribution in [0.4, 0.5) is 5.82 Å². The Labute approximate surface area is 150 Å². The van der Waals surface area contributed by atoms with Gasteiger partial charge in [-0.2, -0.15) is 14.6 Å². The highest BCUT2D eigenvalue weighted by molar-refractivity contribution is 7.19. The number of pyridine rings is 1. The quantitative estimate of drug-likeness (QED) is 0.709. The summed E-state index contributed by atoms with van der Waals surface area (Å²) in [6, 6.07) is 3.63. The van der Waals surface area contributed by atoms with Gasteiger partial charge in [0.15, 0.2) is 5.76 Å². The van der Waals surface area contributed by atoms with Crippen LogP contribution in [0.3, 0.4) is 0 Å². The van der Waals surface area contributed by atoms with Gasteiger partial charge in [0, 0.05) is 18.0 Å². The monoisotopic (exact) mass is 365 g/mol. The molecule has 3 aromatic rings. The van der Waals surface area contributed by atoms with Crippen molar-refractivity contribution in [1.82, 2.24) is 19.6 Å². The van der Waals surface area contributed by atoms with Crippen molar-refractivity contribution < 1.29 is 9.90 Å². The van der Waals surface area contributed by atoms with Crippen LogP contribution in [0.1, 0.15) is 5.56 Å². The van der Waals surface area contributed by atoms with Gasteiger partial charge in [0.25, 0.3) is 5.56 Å². The summed E-state index contributed by atoms with van der Waals surface area (Å²) in [5.41, 5.74) is 6.97. The van der Waals surface area contributed by atoms with Gasteiger partial charge in [-0.3, -0.25) is 14.6 Å². The molecule has 128 valence electrons. The Morgan fingerprint density at radius 1 is 1.27 bits per heavy atom. The zero-order valence-corrected chi connectivity index (χ0v) is 14.0. The molecule has 0 spiro atoms. The van der Waals surface area contributed by atoms with Gasteiger partial charge < -0.3 is 10.8 Å². The summed E-state index contributed by atoms with van der Waals surface area (Å²) in [5, 5.41) is 14.6. The molecule has 26 heavy (non-hydrogen) atoms. The van der Waals surface area contributed by atoms with Crippen LogP contribution in [-0.4, -0.2) is 30.5 Å². The number of carbonyl (C=O) groups is 1. The van der Waals surface area contributed by atoms with Gasteiger partial charge in [-0.25, -0.2) is 0 Å². The smallest absolute Gasteiger partial charge is 0.283 e. The highest BCUT2D eigenvalue weighted by Crippen LogP contribution is 2.26. The predicted octanol–water partition coefficient (Wildman–Crippen LogP) is 1.76. The molecule has 3 heterocycles. The van der Waals surface area contributed by atoms with Crippen LogP contribution in [0.15, 0.2) is 58.9 Å². The lowest BCUT2D eigenvalue weighted by Gasteiger charge is -2.05. The first-order valence-corrected chi connectivity index (χ1v) is 8.29. The molecule has 0 amide bonds. The van der Waals surface area contributed by atoms with Crippen molar-refractivity contribution in [3.63, 3.8) is 0 Å². The number of carbonyl (C=O) groups excluding carboxylic acids is 1. The van der Waals surface area contributed by atoms with E-state index in [1.54, 1.807) is 18.5 Å². The molecule has 9 heteroatoms. The Balaban J connectivity index is 1.86. The zero-order valence-electron chi connectivity index (χ0n) is 13.2. The topological polar surface area (TPSA) is 123 Å². The SMILES string of the molecule is Nc1c(/C=C2\C=CC(=O)C(O)=C2)c(=O)nc2sc(-c3cccnc3)nn12. The molecule has 0 aliphatic heterocycles. The average Bonchev–Trinajstić information content (AvgIpc) is 3.06. The van der Waals surface area contributed by atoms with Gasteiger partial charge >= 0.3 is 0 Å². The molecule has 3 N–H and O–H groups in total. The molecular weight excluding hydrogens is 354 g/mol. The minimum atomic E-state index is -0.519. The minimum Gasteiger partial charge on any atom is -0.504 e. The van der Waals surface area contributed by atoms with Gasteiger partial charge in [0.05, 0.1) is 5.56 Å². The first-order valence-electron chi connectivity index (χ1n) is 7.47. The van der Waals surface area contributed by atoms with E-state index in [2.05, 4.69) is 15.1 Å². The van der Waals surface area contributed by atoms with E-state index in [1.165, 1.54) is 40.2 Å². The molecule has 0 aromatic carbocycles. The number of aliphatic hydroxyl groups excluding tert-OH is 1. The van der Waals surface area contributed by atoms with Gasteiger partial charge in [0.2, 0.25) is 10.7 Å². The largest absolute Gasteiger partial charge is 0.504 e. The average molecular weight is 365 g/mol. The van der Waals surface area contributed by atoms with E-state index < -0.39 is 17.1 Å². The van der Waals surface area contributed by atoms with Crippen LogP contribution in [0.5, 0.6) is 0 Å². The van der Waals surface area contributed by atoms with Crippen LogP contribution < -0.4 is 11.3 Å². The number of ketones is 1. The summed E-state index contributed by atoms with van der Waals surface area (Å²) in [6.45, 7) is 0. The number of allylic oxidation sites excluding steroid dienone is 4. The molecule has 0 bridgehead atoms. The summed E-state index contributed by atoms with van der Waals surface area (Å²) in [5.74, 6) is -0.780. The second-order valence-corrected chi connectivity index (χ2v) is 6.39. The molecule has 0 radical (unpaired) electrons.